The highest BCUT2D eigenvalue weighted by Crippen LogP contribution is 2.46. The Kier molecular flexibility index (Phi) is 4.19. The molecule has 0 saturated carbocycles. The molecular formula is C25H17N3O5. The summed E-state index contributed by atoms with van der Waals surface area (Å²) in [6.07, 6.45) is 4.80. The van der Waals surface area contributed by atoms with Crippen LogP contribution in [0.5, 0.6) is 11.5 Å². The van der Waals surface area contributed by atoms with Crippen LogP contribution in [0.2, 0.25) is 0 Å². The zero-order valence-electron chi connectivity index (χ0n) is 17.2. The first-order chi connectivity index (χ1) is 16.1. The number of para-hydroxylation sites is 1. The van der Waals surface area contributed by atoms with Crippen LogP contribution < -0.4 is 14.4 Å². The maximum Gasteiger partial charge on any atom is 0.300 e. The average Bonchev–Trinajstić information content (AvgIpc) is 3.55. The van der Waals surface area contributed by atoms with Crippen LogP contribution in [0.1, 0.15) is 17.2 Å². The van der Waals surface area contributed by atoms with Crippen molar-refractivity contribution in [1.82, 2.24) is 9.97 Å². The zero-order chi connectivity index (χ0) is 22.5. The Morgan fingerprint density at radius 3 is 2.67 bits per heavy atom. The van der Waals surface area contributed by atoms with Crippen molar-refractivity contribution in [3.8, 4) is 11.5 Å². The maximum absolute atomic E-state index is 13.3. The number of fused-ring (bicyclic) bond motifs is 2. The molecule has 2 aromatic heterocycles. The van der Waals surface area contributed by atoms with E-state index in [1.165, 1.54) is 17.3 Å². The van der Waals surface area contributed by atoms with E-state index in [0.29, 0.717) is 28.3 Å². The highest BCUT2D eigenvalue weighted by Gasteiger charge is 2.48. The topological polar surface area (TPSA) is 105 Å². The number of carbonyl (C=O) groups is 2. The summed E-state index contributed by atoms with van der Waals surface area (Å²) in [6.45, 7) is 0.0888. The van der Waals surface area contributed by atoms with Gasteiger partial charge in [0.05, 0.1) is 11.6 Å². The number of amides is 1. The molecule has 0 aliphatic carbocycles. The van der Waals surface area contributed by atoms with Crippen LogP contribution in [-0.4, -0.2) is 33.6 Å². The summed E-state index contributed by atoms with van der Waals surface area (Å²) in [4.78, 5) is 35.2. The van der Waals surface area contributed by atoms with Crippen molar-refractivity contribution in [3.05, 3.63) is 89.9 Å². The average molecular weight is 439 g/mol. The van der Waals surface area contributed by atoms with Crippen LogP contribution in [0.3, 0.4) is 0 Å². The molecule has 162 valence electrons. The molecule has 1 fully saturated rings. The highest BCUT2D eigenvalue weighted by atomic mass is 16.7. The fourth-order valence-electron chi connectivity index (χ4n) is 4.41. The van der Waals surface area contributed by atoms with E-state index in [-0.39, 0.29) is 18.1 Å². The standard InChI is InChI=1S/C25H17N3O5/c29-23(14-7-9-26-10-8-14)21-22(17-12-27-18-4-2-1-3-16(17)18)28(25(31)24(21)30)15-5-6-19-20(11-15)33-13-32-19/h1-12,22,27,29H,13H2/b23-21+. The smallest absolute Gasteiger partial charge is 0.300 e. The molecule has 1 amide bonds. The molecule has 2 aliphatic heterocycles. The minimum atomic E-state index is -0.852. The van der Waals surface area contributed by atoms with Gasteiger partial charge in [0.15, 0.2) is 11.5 Å². The summed E-state index contributed by atoms with van der Waals surface area (Å²) in [7, 11) is 0. The van der Waals surface area contributed by atoms with E-state index in [2.05, 4.69) is 9.97 Å². The van der Waals surface area contributed by atoms with Crippen molar-refractivity contribution in [3.63, 3.8) is 0 Å². The third kappa shape index (κ3) is 2.88. The molecule has 6 rings (SSSR count). The monoisotopic (exact) mass is 439 g/mol. The summed E-state index contributed by atoms with van der Waals surface area (Å²) in [5, 5.41) is 12.0. The number of ether oxygens (including phenoxy) is 2. The number of aliphatic hydroxyl groups is 1. The molecular weight excluding hydrogens is 422 g/mol. The largest absolute Gasteiger partial charge is 0.507 e. The Morgan fingerprint density at radius 1 is 1.03 bits per heavy atom. The lowest BCUT2D eigenvalue weighted by atomic mass is 9.95. The first kappa shape index (κ1) is 19.1. The fraction of sp³-hybridized carbons (Fsp3) is 0.0800. The Hall–Kier alpha value is -4.59. The number of H-pyrrole nitrogens is 1. The van der Waals surface area contributed by atoms with Gasteiger partial charge < -0.3 is 19.6 Å². The molecule has 0 bridgehead atoms. The van der Waals surface area contributed by atoms with E-state index < -0.39 is 17.7 Å². The predicted octanol–water partition coefficient (Wildman–Crippen LogP) is 3.92. The number of aromatic nitrogens is 2. The number of hydrogen-bond donors (Lipinski definition) is 2. The first-order valence-corrected chi connectivity index (χ1v) is 10.3. The molecule has 1 saturated heterocycles. The second-order valence-corrected chi connectivity index (χ2v) is 7.73. The minimum Gasteiger partial charge on any atom is -0.507 e. The number of aliphatic hydroxyl groups excluding tert-OH is 1. The second-order valence-electron chi connectivity index (χ2n) is 7.73. The lowest BCUT2D eigenvalue weighted by Crippen LogP contribution is -2.29. The number of nitrogens with one attached hydrogen (secondary N) is 1. The Morgan fingerprint density at radius 2 is 1.82 bits per heavy atom. The number of rotatable bonds is 3. The molecule has 8 nitrogen and oxygen atoms in total. The van der Waals surface area contributed by atoms with Gasteiger partial charge >= 0.3 is 0 Å². The molecule has 33 heavy (non-hydrogen) atoms. The lowest BCUT2D eigenvalue weighted by Gasteiger charge is -2.25. The van der Waals surface area contributed by atoms with Crippen molar-refractivity contribution >= 4 is 34.0 Å². The van der Waals surface area contributed by atoms with Crippen LogP contribution in [0.4, 0.5) is 5.69 Å². The van der Waals surface area contributed by atoms with E-state index >= 15 is 0 Å². The van der Waals surface area contributed by atoms with Crippen LogP contribution >= 0.6 is 0 Å². The van der Waals surface area contributed by atoms with E-state index in [1.807, 2.05) is 24.3 Å². The number of anilines is 1. The van der Waals surface area contributed by atoms with Gasteiger partial charge in [-0.05, 0) is 30.3 Å². The van der Waals surface area contributed by atoms with Crippen LogP contribution in [-0.2, 0) is 9.59 Å². The van der Waals surface area contributed by atoms with E-state index in [1.54, 1.807) is 36.5 Å². The molecule has 0 spiro atoms. The van der Waals surface area contributed by atoms with Gasteiger partial charge in [0.1, 0.15) is 5.76 Å². The molecule has 2 aromatic carbocycles. The van der Waals surface area contributed by atoms with E-state index in [9.17, 15) is 14.7 Å². The van der Waals surface area contributed by atoms with Crippen molar-refractivity contribution in [2.45, 2.75) is 6.04 Å². The Labute approximate surface area is 187 Å². The number of Topliss-reactive ketones (excluding diaryl/α,β-unsaturated/α-hetero) is 1. The van der Waals surface area contributed by atoms with Gasteiger partial charge in [0.25, 0.3) is 11.7 Å². The summed E-state index contributed by atoms with van der Waals surface area (Å²) >= 11 is 0. The number of nitrogens with zero attached hydrogens (tertiary/aromatic N) is 2. The molecule has 0 radical (unpaired) electrons. The molecule has 1 atom stereocenters. The SMILES string of the molecule is O=C1C(=O)N(c2ccc3c(c2)OCO3)C(c2c[nH]c3ccccc23)/C1=C(\O)c1ccncc1. The van der Waals surface area contributed by atoms with E-state index in [4.69, 9.17) is 9.47 Å². The number of carbonyl (C=O) groups excluding carboxylic acids is 2. The first-order valence-electron chi connectivity index (χ1n) is 10.3. The normalized spacial score (nSPS) is 18.9. The highest BCUT2D eigenvalue weighted by molar-refractivity contribution is 6.52. The number of hydrogen-bond acceptors (Lipinski definition) is 6. The minimum absolute atomic E-state index is 0.00798. The van der Waals surface area contributed by atoms with Gasteiger partial charge in [0.2, 0.25) is 6.79 Å². The number of benzene rings is 2. The number of ketones is 1. The number of aromatic amines is 1. The van der Waals surface area contributed by atoms with Crippen LogP contribution in [0.25, 0.3) is 16.7 Å². The molecule has 4 aromatic rings. The van der Waals surface area contributed by atoms with Crippen molar-refractivity contribution in [2.75, 3.05) is 11.7 Å². The second kappa shape index (κ2) is 7.23. The van der Waals surface area contributed by atoms with Gasteiger partial charge in [-0.15, -0.1) is 0 Å². The summed E-state index contributed by atoms with van der Waals surface area (Å²) in [5.41, 5.74) is 2.42. The Bertz CT molecular complexity index is 1460. The fourth-order valence-corrected chi connectivity index (χ4v) is 4.41. The molecule has 2 N–H and O–H groups in total. The third-order valence-corrected chi connectivity index (χ3v) is 5.95. The predicted molar refractivity (Wildman–Crippen MR) is 120 cm³/mol. The summed E-state index contributed by atoms with van der Waals surface area (Å²) in [5.74, 6) is -0.705. The van der Waals surface area contributed by atoms with Crippen LogP contribution in [0.15, 0.2) is 78.8 Å². The van der Waals surface area contributed by atoms with Crippen molar-refractivity contribution < 1.29 is 24.2 Å². The molecule has 1 unspecified atom stereocenters. The third-order valence-electron chi connectivity index (χ3n) is 5.95. The van der Waals surface area contributed by atoms with Crippen LogP contribution in [0, 0.1) is 0 Å². The van der Waals surface area contributed by atoms with Gasteiger partial charge in [-0.25, -0.2) is 0 Å². The van der Waals surface area contributed by atoms with Gasteiger partial charge in [-0.1, -0.05) is 18.2 Å². The quantitative estimate of drug-likeness (QED) is 0.285. The molecule has 4 heterocycles. The van der Waals surface area contributed by atoms with Gasteiger partial charge in [-0.2, -0.15) is 0 Å². The van der Waals surface area contributed by atoms with E-state index in [0.717, 1.165) is 10.9 Å². The zero-order valence-corrected chi connectivity index (χ0v) is 17.2. The van der Waals surface area contributed by atoms with Crippen molar-refractivity contribution in [2.24, 2.45) is 0 Å². The maximum atomic E-state index is 13.3. The lowest BCUT2D eigenvalue weighted by molar-refractivity contribution is -0.132. The Balaban J connectivity index is 1.60. The summed E-state index contributed by atoms with van der Waals surface area (Å²) < 4.78 is 10.9. The van der Waals surface area contributed by atoms with Gasteiger partial charge in [-0.3, -0.25) is 19.5 Å². The number of pyridine rings is 1. The summed E-state index contributed by atoms with van der Waals surface area (Å²) in [6, 6.07) is 15.0. The molecule has 8 heteroatoms. The molecule has 2 aliphatic rings. The van der Waals surface area contributed by atoms with Gasteiger partial charge in [0, 0.05) is 52.4 Å². The van der Waals surface area contributed by atoms with Crippen molar-refractivity contribution in [1.29, 1.82) is 0 Å².